The van der Waals surface area contributed by atoms with Gasteiger partial charge in [0.15, 0.2) is 0 Å². The number of carbonyl (C=O) groups excluding carboxylic acids is 2. The van der Waals surface area contributed by atoms with E-state index < -0.39 is 26.6 Å². The molecule has 0 bridgehead atoms. The number of hydrogen-bond acceptors (Lipinski definition) is 7. The van der Waals surface area contributed by atoms with Crippen LogP contribution in [-0.2, 0) is 27.9 Å². The van der Waals surface area contributed by atoms with Gasteiger partial charge in [0.05, 0.1) is 33.8 Å². The molecule has 78 heavy (non-hydrogen) atoms. The summed E-state index contributed by atoms with van der Waals surface area (Å²) in [7, 11) is 1.17. The Bertz CT molecular complexity index is 1610. The number of phosphoric acid groups is 1. The van der Waals surface area contributed by atoms with Crippen LogP contribution in [0.3, 0.4) is 0 Å². The molecule has 0 aliphatic heterocycles. The second-order valence-electron chi connectivity index (χ2n) is 22.9. The Hall–Kier alpha value is -2.81. The summed E-state index contributed by atoms with van der Waals surface area (Å²) in [5.74, 6) is -0.564. The molecule has 0 aliphatic carbocycles. The molecular weight excluding hydrogens is 988 g/mol. The van der Waals surface area contributed by atoms with Crippen LogP contribution in [0.1, 0.15) is 284 Å². The number of ether oxygens (including phenoxy) is 1. The average Bonchev–Trinajstić information content (AvgIpc) is 3.40. The van der Waals surface area contributed by atoms with E-state index in [1.54, 1.807) is 0 Å². The fourth-order valence-electron chi connectivity index (χ4n) is 9.07. The van der Waals surface area contributed by atoms with Crippen LogP contribution in [-0.4, -0.2) is 69.4 Å². The van der Waals surface area contributed by atoms with Gasteiger partial charge in [-0.3, -0.25) is 14.2 Å². The summed E-state index contributed by atoms with van der Waals surface area (Å²) in [6.45, 7) is 6.72. The smallest absolute Gasteiger partial charge is 0.306 e. The lowest BCUT2D eigenvalue weighted by Gasteiger charge is -2.30. The molecule has 0 aromatic carbocycles. The van der Waals surface area contributed by atoms with Crippen molar-refractivity contribution in [2.24, 2.45) is 0 Å². The van der Waals surface area contributed by atoms with Crippen molar-refractivity contribution in [1.82, 2.24) is 5.32 Å². The number of quaternary nitrogens is 1. The normalized spacial score (nSPS) is 14.2. The van der Waals surface area contributed by atoms with Crippen LogP contribution < -0.4 is 10.2 Å². The van der Waals surface area contributed by atoms with Crippen molar-refractivity contribution < 1.29 is 37.3 Å². The van der Waals surface area contributed by atoms with Gasteiger partial charge in [-0.1, -0.05) is 254 Å². The Morgan fingerprint density at radius 1 is 0.462 bits per heavy atom. The number of nitrogens with zero attached hydrogens (tertiary/aromatic N) is 1. The highest BCUT2D eigenvalue weighted by molar-refractivity contribution is 7.45. The van der Waals surface area contributed by atoms with Crippen molar-refractivity contribution in [1.29, 1.82) is 0 Å². The molecule has 0 aromatic rings. The van der Waals surface area contributed by atoms with E-state index in [4.69, 9.17) is 13.8 Å². The molecule has 1 amide bonds. The molecule has 0 spiro atoms. The lowest BCUT2D eigenvalue weighted by Crippen LogP contribution is -2.47. The maximum Gasteiger partial charge on any atom is 0.306 e. The summed E-state index contributed by atoms with van der Waals surface area (Å²) in [6, 6.07) is -0.901. The van der Waals surface area contributed by atoms with Crippen molar-refractivity contribution >= 4 is 19.7 Å². The fraction of sp³-hybridized carbons (Fsp3) is 0.765. The van der Waals surface area contributed by atoms with E-state index in [-0.39, 0.29) is 24.9 Å². The maximum absolute atomic E-state index is 13.6. The molecule has 9 nitrogen and oxygen atoms in total. The molecule has 1 N–H and O–H groups in total. The Morgan fingerprint density at radius 3 is 1.26 bits per heavy atom. The van der Waals surface area contributed by atoms with Gasteiger partial charge in [0.25, 0.3) is 7.82 Å². The number of phosphoric ester groups is 1. The summed E-state index contributed by atoms with van der Waals surface area (Å²) in [5.41, 5.74) is 0. The largest absolute Gasteiger partial charge is 0.756 e. The molecule has 0 saturated carbocycles. The van der Waals surface area contributed by atoms with Crippen molar-refractivity contribution in [3.8, 4) is 0 Å². The highest BCUT2D eigenvalue weighted by Crippen LogP contribution is 2.38. The molecule has 0 radical (unpaired) electrons. The number of amides is 1. The first-order valence-corrected chi connectivity index (χ1v) is 33.9. The molecule has 3 atom stereocenters. The number of unbranched alkanes of at least 4 members (excludes halogenated alkanes) is 30. The number of likely N-dealkylation sites (N-methyl/N-ethyl adjacent to an activating group) is 1. The minimum Gasteiger partial charge on any atom is -0.756 e. The second-order valence-corrected chi connectivity index (χ2v) is 24.3. The molecular formula is C68H123N2O7P. The number of rotatable bonds is 58. The highest BCUT2D eigenvalue weighted by Gasteiger charge is 2.27. The molecule has 3 unspecified atom stereocenters. The van der Waals surface area contributed by atoms with E-state index in [9.17, 15) is 19.0 Å². The zero-order chi connectivity index (χ0) is 57.2. The summed E-state index contributed by atoms with van der Waals surface area (Å²) in [4.78, 5) is 40.0. The lowest BCUT2D eigenvalue weighted by molar-refractivity contribution is -0.870. The van der Waals surface area contributed by atoms with Crippen LogP contribution in [0, 0.1) is 0 Å². The molecule has 0 heterocycles. The zero-order valence-corrected chi connectivity index (χ0v) is 52.5. The second kappa shape index (κ2) is 57.4. The maximum atomic E-state index is 13.6. The third-order valence-corrected chi connectivity index (χ3v) is 15.0. The predicted octanol–water partition coefficient (Wildman–Crippen LogP) is 19.5. The van der Waals surface area contributed by atoms with Crippen LogP contribution in [0.5, 0.6) is 0 Å². The van der Waals surface area contributed by atoms with Gasteiger partial charge >= 0.3 is 5.97 Å². The van der Waals surface area contributed by atoms with Crippen LogP contribution >= 0.6 is 7.82 Å². The van der Waals surface area contributed by atoms with Crippen molar-refractivity contribution in [3.05, 3.63) is 85.1 Å². The standard InChI is InChI=1S/C68H123N2O7P/c1-7-10-13-16-19-22-25-28-30-31-32-33-34-35-36-37-38-39-40-42-45-48-51-54-57-60-67(71)69-65(64-76-78(73,74)75-63-62-70(4,5)6)66(59-56-53-50-47-44-41-27-24-21-18-15-12-9-3)77-68(72)61-58-55-52-49-46-43-29-26-23-20-17-14-11-8-2/h10,13,19,22,28,30,32-33,35-36,43,46,56,59,65-66H,7-9,11-12,14-18,20-21,23-27,29,31,34,37-42,44-45,47-55,57-58,60-64H2,1-6H3,(H-,69,71,73,74)/b13-10-,22-19-,30-28-,33-32-,36-35-,46-43-,59-56-. The fourth-order valence-corrected chi connectivity index (χ4v) is 9.80. The third-order valence-electron chi connectivity index (χ3n) is 14.1. The Labute approximate surface area is 482 Å². The third kappa shape index (κ3) is 57.9. The molecule has 452 valence electrons. The first-order valence-electron chi connectivity index (χ1n) is 32.4. The van der Waals surface area contributed by atoms with Crippen molar-refractivity contribution in [2.45, 2.75) is 296 Å². The van der Waals surface area contributed by atoms with Gasteiger partial charge in [-0.15, -0.1) is 0 Å². The SMILES string of the molecule is CC/C=C\C/C=C\C/C=C\C/C=C\C/C=C\CCCCCCCCCCCC(=O)NC(COP(=O)([O-])OCC[N+](C)(C)C)C(/C=C\CCCCCCCCCCCCC)OC(=O)CCCCC/C=C\CCCCCCCCC. The first kappa shape index (κ1) is 75.2. The number of carbonyl (C=O) groups is 2. The average molecular weight is 1110 g/mol. The quantitative estimate of drug-likeness (QED) is 0.0212. The molecule has 0 rings (SSSR count). The zero-order valence-electron chi connectivity index (χ0n) is 51.6. The van der Waals surface area contributed by atoms with E-state index in [0.717, 1.165) is 109 Å². The van der Waals surface area contributed by atoms with Crippen LogP contribution in [0.4, 0.5) is 0 Å². The van der Waals surface area contributed by atoms with Crippen LogP contribution in [0.25, 0.3) is 0 Å². The number of allylic oxidation sites excluding steroid dienone is 13. The summed E-state index contributed by atoms with van der Waals surface area (Å²) in [6.07, 6.45) is 75.5. The van der Waals surface area contributed by atoms with E-state index in [1.807, 2.05) is 33.3 Å². The molecule has 0 fully saturated rings. The molecule has 0 saturated heterocycles. The Morgan fingerprint density at radius 2 is 0.821 bits per heavy atom. The van der Waals surface area contributed by atoms with Gasteiger partial charge < -0.3 is 28.5 Å². The van der Waals surface area contributed by atoms with Gasteiger partial charge in [-0.05, 0) is 102 Å². The van der Waals surface area contributed by atoms with Gasteiger partial charge in [0, 0.05) is 12.8 Å². The van der Waals surface area contributed by atoms with E-state index >= 15 is 0 Å². The number of esters is 1. The monoisotopic (exact) mass is 1110 g/mol. The summed E-state index contributed by atoms with van der Waals surface area (Å²) in [5, 5.41) is 3.03. The Kier molecular flexibility index (Phi) is 55.4. The minimum atomic E-state index is -4.71. The molecule has 0 aromatic heterocycles. The Balaban J connectivity index is 5.19. The number of nitrogens with one attached hydrogen (secondary N) is 1. The first-order chi connectivity index (χ1) is 37.9. The van der Waals surface area contributed by atoms with E-state index in [2.05, 4.69) is 99.0 Å². The number of hydrogen-bond donors (Lipinski definition) is 1. The van der Waals surface area contributed by atoms with E-state index in [1.165, 1.54) is 135 Å². The predicted molar refractivity (Wildman–Crippen MR) is 335 cm³/mol. The van der Waals surface area contributed by atoms with Crippen molar-refractivity contribution in [2.75, 3.05) is 40.9 Å². The minimum absolute atomic E-state index is 0.0284. The van der Waals surface area contributed by atoms with Gasteiger partial charge in [-0.2, -0.15) is 0 Å². The van der Waals surface area contributed by atoms with Gasteiger partial charge in [-0.25, -0.2) is 0 Å². The van der Waals surface area contributed by atoms with Gasteiger partial charge in [0.1, 0.15) is 19.3 Å². The topological polar surface area (TPSA) is 114 Å². The molecule has 10 heteroatoms. The highest BCUT2D eigenvalue weighted by atomic mass is 31.2. The van der Waals surface area contributed by atoms with Crippen LogP contribution in [0.2, 0.25) is 0 Å². The van der Waals surface area contributed by atoms with Crippen LogP contribution in [0.15, 0.2) is 85.1 Å². The summed E-state index contributed by atoms with van der Waals surface area (Å²) < 4.78 is 30.3. The van der Waals surface area contributed by atoms with Gasteiger partial charge in [0.2, 0.25) is 5.91 Å². The molecule has 0 aliphatic rings. The van der Waals surface area contributed by atoms with E-state index in [0.29, 0.717) is 23.9 Å². The lowest BCUT2D eigenvalue weighted by atomic mass is 10.0. The summed E-state index contributed by atoms with van der Waals surface area (Å²) >= 11 is 0. The van der Waals surface area contributed by atoms with Crippen molar-refractivity contribution in [3.63, 3.8) is 0 Å².